The van der Waals surface area contributed by atoms with E-state index in [2.05, 4.69) is 0 Å². The summed E-state index contributed by atoms with van der Waals surface area (Å²) in [6.07, 6.45) is -0.0904. The molecule has 0 bridgehead atoms. The number of hydrogen-bond acceptors (Lipinski definition) is 6. The van der Waals surface area contributed by atoms with Gasteiger partial charge in [0, 0.05) is 6.42 Å². The number of nitrogens with two attached hydrogens (primary N) is 2. The van der Waals surface area contributed by atoms with E-state index in [0.717, 1.165) is 0 Å². The zero-order chi connectivity index (χ0) is 16.3. The van der Waals surface area contributed by atoms with Crippen molar-refractivity contribution < 1.29 is 19.8 Å². The van der Waals surface area contributed by atoms with Crippen LogP contribution in [0.1, 0.15) is 26.3 Å². The first-order valence-corrected chi connectivity index (χ1v) is 6.37. The fourth-order valence-electron chi connectivity index (χ4n) is 2.12. The van der Waals surface area contributed by atoms with Gasteiger partial charge in [-0.05, 0) is 29.8 Å². The maximum absolute atomic E-state index is 12.4. The predicted molar refractivity (Wildman–Crippen MR) is 80.3 cm³/mol. The average molecular weight is 301 g/mol. The Morgan fingerprint density at radius 2 is 1.86 bits per heavy atom. The van der Waals surface area contributed by atoms with E-state index in [0.29, 0.717) is 5.56 Å². The maximum atomic E-state index is 12.4. The summed E-state index contributed by atoms with van der Waals surface area (Å²) in [4.78, 5) is 24.2. The van der Waals surface area contributed by atoms with Crippen molar-refractivity contribution in [3.05, 3.63) is 53.1 Å². The molecule has 0 aliphatic carbocycles. The number of Topliss-reactive ketones (excluding diaryl/α,β-unsaturated/α-hetero) is 1. The lowest BCUT2D eigenvalue weighted by Gasteiger charge is -2.12. The largest absolute Gasteiger partial charge is 0.508 e. The van der Waals surface area contributed by atoms with Crippen LogP contribution >= 0.6 is 0 Å². The van der Waals surface area contributed by atoms with Crippen molar-refractivity contribution in [3.63, 3.8) is 0 Å². The van der Waals surface area contributed by atoms with Crippen molar-refractivity contribution in [2.75, 3.05) is 5.73 Å². The van der Waals surface area contributed by atoms with E-state index < -0.39 is 11.7 Å². The lowest BCUT2D eigenvalue weighted by Crippen LogP contribution is -2.31. The topological polar surface area (TPSA) is 139 Å². The molecule has 0 heterocycles. The third-order valence-electron chi connectivity index (χ3n) is 3.15. The monoisotopic (exact) mass is 301 g/mol. The van der Waals surface area contributed by atoms with Gasteiger partial charge in [0.25, 0.3) is 5.91 Å². The Kier molecular flexibility index (Phi) is 4.28. The normalized spacial score (nSPS) is 10.2. The molecule has 2 rings (SSSR count). The highest BCUT2D eigenvalue weighted by Gasteiger charge is 2.22. The number of benzene rings is 2. The molecule has 0 atom stereocenters. The van der Waals surface area contributed by atoms with E-state index in [1.807, 2.05) is 5.43 Å². The Labute approximate surface area is 126 Å². The van der Waals surface area contributed by atoms with Crippen LogP contribution in [0.15, 0.2) is 36.4 Å². The number of anilines is 1. The van der Waals surface area contributed by atoms with Crippen LogP contribution in [0.3, 0.4) is 0 Å². The number of rotatable bonds is 4. The highest BCUT2D eigenvalue weighted by molar-refractivity contribution is 6.12. The zero-order valence-electron chi connectivity index (χ0n) is 11.5. The van der Waals surface area contributed by atoms with E-state index in [4.69, 9.17) is 11.6 Å². The molecule has 7 nitrogen and oxygen atoms in total. The van der Waals surface area contributed by atoms with Gasteiger partial charge in [-0.2, -0.15) is 0 Å². The molecular weight excluding hydrogens is 286 g/mol. The highest BCUT2D eigenvalue weighted by atomic mass is 16.3. The van der Waals surface area contributed by atoms with E-state index >= 15 is 0 Å². The van der Waals surface area contributed by atoms with Crippen LogP contribution in [0, 0.1) is 0 Å². The minimum Gasteiger partial charge on any atom is -0.508 e. The van der Waals surface area contributed by atoms with Crippen LogP contribution < -0.4 is 17.0 Å². The van der Waals surface area contributed by atoms with Gasteiger partial charge in [0.1, 0.15) is 11.5 Å². The molecule has 1 amide bonds. The number of phenolic OH excluding ortho intramolecular Hbond substituents is 2. The van der Waals surface area contributed by atoms with Gasteiger partial charge < -0.3 is 15.9 Å². The molecule has 7 heteroatoms. The number of phenols is 2. The van der Waals surface area contributed by atoms with Gasteiger partial charge in [-0.1, -0.05) is 12.1 Å². The fourth-order valence-corrected chi connectivity index (χ4v) is 2.12. The van der Waals surface area contributed by atoms with Crippen LogP contribution in [0.4, 0.5) is 5.69 Å². The summed E-state index contributed by atoms with van der Waals surface area (Å²) < 4.78 is 0. The van der Waals surface area contributed by atoms with Gasteiger partial charge in [0.2, 0.25) is 0 Å². The van der Waals surface area contributed by atoms with E-state index in [1.165, 1.54) is 24.3 Å². The number of hydrazine groups is 1. The lowest BCUT2D eigenvalue weighted by atomic mass is 9.96. The van der Waals surface area contributed by atoms with E-state index in [1.54, 1.807) is 12.1 Å². The van der Waals surface area contributed by atoms with Gasteiger partial charge >= 0.3 is 0 Å². The van der Waals surface area contributed by atoms with Crippen LogP contribution in [0.5, 0.6) is 11.5 Å². The van der Waals surface area contributed by atoms with E-state index in [9.17, 15) is 19.8 Å². The maximum Gasteiger partial charge on any atom is 0.265 e. The molecule has 0 aliphatic rings. The second-order valence-corrected chi connectivity index (χ2v) is 4.66. The average Bonchev–Trinajstić information content (AvgIpc) is 2.48. The molecule has 0 radical (unpaired) electrons. The first-order chi connectivity index (χ1) is 10.4. The molecule has 0 spiro atoms. The summed E-state index contributed by atoms with van der Waals surface area (Å²) >= 11 is 0. The molecule has 0 unspecified atom stereocenters. The van der Waals surface area contributed by atoms with Crippen molar-refractivity contribution >= 4 is 17.4 Å². The third-order valence-corrected chi connectivity index (χ3v) is 3.15. The molecule has 2 aromatic rings. The molecule has 0 aromatic heterocycles. The van der Waals surface area contributed by atoms with Crippen molar-refractivity contribution in [1.82, 2.24) is 5.43 Å². The first-order valence-electron chi connectivity index (χ1n) is 6.37. The Balaban J connectivity index is 2.44. The van der Waals surface area contributed by atoms with Gasteiger partial charge in [-0.25, -0.2) is 5.84 Å². The standard InChI is InChI=1S/C15H15N3O4/c16-14-11(20)5-4-10(15(22)18-17)13(14)12(21)7-8-2-1-3-9(19)6-8/h1-6,19-20H,7,16-17H2,(H,18,22). The van der Waals surface area contributed by atoms with Gasteiger partial charge in [-0.15, -0.1) is 0 Å². The summed E-state index contributed by atoms with van der Waals surface area (Å²) in [7, 11) is 0. The molecule has 0 fully saturated rings. The number of amides is 1. The van der Waals surface area contributed by atoms with Crippen LogP contribution in [-0.4, -0.2) is 21.9 Å². The second-order valence-electron chi connectivity index (χ2n) is 4.66. The SMILES string of the molecule is NNC(=O)c1ccc(O)c(N)c1C(=O)Cc1cccc(O)c1. The molecule has 22 heavy (non-hydrogen) atoms. The number of carbonyl (C=O) groups is 2. The number of carbonyl (C=O) groups excluding carboxylic acids is 2. The Bertz CT molecular complexity index is 744. The Morgan fingerprint density at radius 1 is 1.14 bits per heavy atom. The van der Waals surface area contributed by atoms with Crippen molar-refractivity contribution in [1.29, 1.82) is 0 Å². The smallest absolute Gasteiger partial charge is 0.265 e. The first kappa shape index (κ1) is 15.3. The molecule has 0 saturated carbocycles. The molecular formula is C15H15N3O4. The van der Waals surface area contributed by atoms with Gasteiger partial charge in [0.15, 0.2) is 5.78 Å². The van der Waals surface area contributed by atoms with Crippen LogP contribution in [0.2, 0.25) is 0 Å². The lowest BCUT2D eigenvalue weighted by molar-refractivity contribution is 0.0934. The summed E-state index contributed by atoms with van der Waals surface area (Å²) in [6.45, 7) is 0. The van der Waals surface area contributed by atoms with Gasteiger partial charge in [0.05, 0.1) is 16.8 Å². The molecule has 114 valence electrons. The Hall–Kier alpha value is -3.06. The predicted octanol–water partition coefficient (Wildman–Crippen LogP) is 0.709. The molecule has 0 saturated heterocycles. The number of hydrogen-bond donors (Lipinski definition) is 5. The second kappa shape index (κ2) is 6.15. The van der Waals surface area contributed by atoms with Crippen molar-refractivity contribution in [2.24, 2.45) is 5.84 Å². The van der Waals surface area contributed by atoms with Crippen molar-refractivity contribution in [3.8, 4) is 11.5 Å². The minimum absolute atomic E-state index is 0.0223. The zero-order valence-corrected chi connectivity index (χ0v) is 11.5. The number of ketones is 1. The Morgan fingerprint density at radius 3 is 2.50 bits per heavy atom. The number of nitrogen functional groups attached to an aromatic ring is 2. The van der Waals surface area contributed by atoms with Crippen LogP contribution in [-0.2, 0) is 6.42 Å². The quantitative estimate of drug-likeness (QED) is 0.141. The minimum atomic E-state index is -0.689. The summed E-state index contributed by atoms with van der Waals surface area (Å²) in [5, 5.41) is 19.1. The molecule has 0 aliphatic heterocycles. The van der Waals surface area contributed by atoms with E-state index in [-0.39, 0.29) is 34.7 Å². The third kappa shape index (κ3) is 2.99. The van der Waals surface area contributed by atoms with Gasteiger partial charge in [-0.3, -0.25) is 15.0 Å². The number of aromatic hydroxyl groups is 2. The molecule has 2 aromatic carbocycles. The van der Waals surface area contributed by atoms with Crippen molar-refractivity contribution in [2.45, 2.75) is 6.42 Å². The summed E-state index contributed by atoms with van der Waals surface area (Å²) in [5.74, 6) is 3.65. The van der Waals surface area contributed by atoms with Crippen LogP contribution in [0.25, 0.3) is 0 Å². The highest BCUT2D eigenvalue weighted by Crippen LogP contribution is 2.28. The molecule has 7 N–H and O–H groups in total. The fraction of sp³-hybridized carbons (Fsp3) is 0.0667. The number of nitrogens with one attached hydrogen (secondary N) is 1. The summed E-state index contributed by atoms with van der Waals surface area (Å²) in [6, 6.07) is 8.63. The summed E-state index contributed by atoms with van der Waals surface area (Å²) in [5.41, 5.74) is 7.88.